The Morgan fingerprint density at radius 1 is 1.03 bits per heavy atom. The lowest BCUT2D eigenvalue weighted by Crippen LogP contribution is -2.47. The van der Waals surface area contributed by atoms with Crippen molar-refractivity contribution < 1.29 is 19.1 Å². The molecule has 188 valence electrons. The van der Waals surface area contributed by atoms with Gasteiger partial charge in [-0.2, -0.15) is 5.10 Å². The molecule has 3 aliphatic rings. The lowest BCUT2D eigenvalue weighted by molar-refractivity contribution is -0.00641. The number of amides is 2. The third-order valence-electron chi connectivity index (χ3n) is 6.61. The van der Waals surface area contributed by atoms with Gasteiger partial charge in [0.05, 0.1) is 11.7 Å². The zero-order valence-electron chi connectivity index (χ0n) is 21.7. The Hall–Kier alpha value is -2.31. The van der Waals surface area contributed by atoms with Gasteiger partial charge in [-0.1, -0.05) is 6.08 Å². The third-order valence-corrected chi connectivity index (χ3v) is 6.61. The van der Waals surface area contributed by atoms with Crippen LogP contribution < -0.4 is 0 Å². The first-order valence-corrected chi connectivity index (χ1v) is 12.9. The molecule has 1 heterocycles. The van der Waals surface area contributed by atoms with E-state index in [-0.39, 0.29) is 5.92 Å². The third kappa shape index (κ3) is 6.22. The quantitative estimate of drug-likeness (QED) is 0.470. The van der Waals surface area contributed by atoms with E-state index in [1.807, 2.05) is 0 Å². The molecule has 0 aromatic carbocycles. The Balaban J connectivity index is 1.42. The smallest absolute Gasteiger partial charge is 0.419 e. The minimum absolute atomic E-state index is 0.205. The summed E-state index contributed by atoms with van der Waals surface area (Å²) >= 11 is 0. The molecule has 1 aromatic heterocycles. The zero-order chi connectivity index (χ0) is 24.7. The van der Waals surface area contributed by atoms with Crippen LogP contribution in [0.2, 0.25) is 0 Å². The minimum atomic E-state index is -0.683. The molecule has 0 spiro atoms. The summed E-state index contributed by atoms with van der Waals surface area (Å²) in [5.74, 6) is 0.820. The predicted octanol–water partition coefficient (Wildman–Crippen LogP) is 6.84. The number of imide groups is 1. The van der Waals surface area contributed by atoms with Crippen molar-refractivity contribution in [1.29, 1.82) is 0 Å². The highest BCUT2D eigenvalue weighted by molar-refractivity contribution is 5.88. The van der Waals surface area contributed by atoms with Crippen molar-refractivity contribution >= 4 is 17.8 Å². The molecule has 2 saturated carbocycles. The fourth-order valence-corrected chi connectivity index (χ4v) is 4.76. The SMILES string of the molecule is CC(C)(C)OC(=O)N(C[C@H]1C[C@H](n2cc(C3=CCCCC3)c(C3CC3)n2)C1)C(=O)OC(C)(C)C. The molecule has 0 radical (unpaired) electrons. The monoisotopic (exact) mass is 471 g/mol. The van der Waals surface area contributed by atoms with Crippen molar-refractivity contribution in [2.75, 3.05) is 6.54 Å². The van der Waals surface area contributed by atoms with Crippen molar-refractivity contribution in [3.63, 3.8) is 0 Å². The fraction of sp³-hybridized carbons (Fsp3) is 0.741. The molecule has 1 aromatic rings. The maximum absolute atomic E-state index is 12.8. The van der Waals surface area contributed by atoms with E-state index in [0.29, 0.717) is 18.5 Å². The van der Waals surface area contributed by atoms with E-state index < -0.39 is 23.4 Å². The molecule has 0 N–H and O–H groups in total. The molecule has 3 aliphatic carbocycles. The number of carbonyl (C=O) groups excluding carboxylic acids is 2. The van der Waals surface area contributed by atoms with E-state index in [9.17, 15) is 9.59 Å². The molecule has 0 saturated heterocycles. The predicted molar refractivity (Wildman–Crippen MR) is 132 cm³/mol. The van der Waals surface area contributed by atoms with E-state index in [4.69, 9.17) is 14.6 Å². The highest BCUT2D eigenvalue weighted by Crippen LogP contribution is 2.46. The number of hydrogen-bond acceptors (Lipinski definition) is 5. The Labute approximate surface area is 203 Å². The van der Waals surface area contributed by atoms with Gasteiger partial charge < -0.3 is 9.47 Å². The van der Waals surface area contributed by atoms with Crippen LogP contribution in [0.5, 0.6) is 0 Å². The number of aromatic nitrogens is 2. The van der Waals surface area contributed by atoms with Crippen molar-refractivity contribution in [1.82, 2.24) is 14.7 Å². The van der Waals surface area contributed by atoms with Gasteiger partial charge in [-0.3, -0.25) is 4.68 Å². The molecule has 0 atom stereocenters. The summed E-state index contributed by atoms with van der Waals surface area (Å²) in [6.07, 6.45) is 12.5. The largest absolute Gasteiger partial charge is 0.443 e. The second-order valence-corrected chi connectivity index (χ2v) is 12.2. The van der Waals surface area contributed by atoms with Crippen LogP contribution in [0.3, 0.4) is 0 Å². The Morgan fingerprint density at radius 3 is 2.15 bits per heavy atom. The number of allylic oxidation sites excluding steroid dienone is 2. The van der Waals surface area contributed by atoms with Gasteiger partial charge in [0, 0.05) is 24.2 Å². The van der Waals surface area contributed by atoms with Crippen LogP contribution in [-0.4, -0.2) is 44.6 Å². The Bertz CT molecular complexity index is 912. The first kappa shape index (κ1) is 24.8. The van der Waals surface area contributed by atoms with Gasteiger partial charge in [-0.15, -0.1) is 0 Å². The maximum Gasteiger partial charge on any atom is 0.419 e. The Kier molecular flexibility index (Phi) is 6.85. The molecular weight excluding hydrogens is 430 g/mol. The summed E-state index contributed by atoms with van der Waals surface area (Å²) in [6.45, 7) is 11.1. The molecule has 2 amide bonds. The molecule has 34 heavy (non-hydrogen) atoms. The normalized spacial score (nSPS) is 23.1. The molecule has 0 bridgehead atoms. The minimum Gasteiger partial charge on any atom is -0.443 e. The average Bonchev–Trinajstić information content (AvgIpc) is 3.44. The van der Waals surface area contributed by atoms with E-state index in [1.54, 1.807) is 41.5 Å². The number of ether oxygens (including phenoxy) is 2. The molecule has 0 unspecified atom stereocenters. The summed E-state index contributed by atoms with van der Waals surface area (Å²) in [5, 5.41) is 5.03. The average molecular weight is 472 g/mol. The lowest BCUT2D eigenvalue weighted by atomic mass is 9.80. The van der Waals surface area contributed by atoms with Gasteiger partial charge in [0.1, 0.15) is 11.2 Å². The van der Waals surface area contributed by atoms with Crippen LogP contribution in [0.1, 0.15) is 116 Å². The standard InChI is InChI=1S/C27H41N3O4/c1-26(2,3)33-24(31)29(25(32)34-27(4,5)6)16-18-14-21(15-18)30-17-22(19-10-8-7-9-11-19)23(28-30)20-12-13-20/h10,17-18,20-21H,7-9,11-16H2,1-6H3/t18-,21-. The molecule has 0 aliphatic heterocycles. The van der Waals surface area contributed by atoms with Crippen LogP contribution in [0.25, 0.3) is 5.57 Å². The summed E-state index contributed by atoms with van der Waals surface area (Å²) in [6, 6.07) is 0.305. The number of hydrogen-bond donors (Lipinski definition) is 0. The highest BCUT2D eigenvalue weighted by atomic mass is 16.6. The van der Waals surface area contributed by atoms with Crippen LogP contribution in [-0.2, 0) is 9.47 Å². The molecule has 2 fully saturated rings. The number of carbonyl (C=O) groups is 2. The topological polar surface area (TPSA) is 73.7 Å². The van der Waals surface area contributed by atoms with Gasteiger partial charge >= 0.3 is 12.2 Å². The molecular formula is C27H41N3O4. The second-order valence-electron chi connectivity index (χ2n) is 12.2. The fourth-order valence-electron chi connectivity index (χ4n) is 4.76. The van der Waals surface area contributed by atoms with Gasteiger partial charge in [0.25, 0.3) is 0 Å². The van der Waals surface area contributed by atoms with E-state index in [2.05, 4.69) is 17.0 Å². The summed E-state index contributed by atoms with van der Waals surface area (Å²) in [5.41, 5.74) is 2.74. The van der Waals surface area contributed by atoms with Gasteiger partial charge in [-0.25, -0.2) is 14.5 Å². The summed E-state index contributed by atoms with van der Waals surface area (Å²) in [4.78, 5) is 26.7. The Morgan fingerprint density at radius 2 is 1.65 bits per heavy atom. The van der Waals surface area contributed by atoms with Gasteiger partial charge in [0.2, 0.25) is 0 Å². The summed E-state index contributed by atoms with van der Waals surface area (Å²) < 4.78 is 13.1. The van der Waals surface area contributed by atoms with Gasteiger partial charge in [-0.05, 0) is 104 Å². The first-order valence-electron chi connectivity index (χ1n) is 12.9. The van der Waals surface area contributed by atoms with Crippen molar-refractivity contribution in [3.05, 3.63) is 23.5 Å². The van der Waals surface area contributed by atoms with E-state index in [1.165, 1.54) is 48.9 Å². The highest BCUT2D eigenvalue weighted by Gasteiger charge is 2.39. The zero-order valence-corrected chi connectivity index (χ0v) is 21.7. The van der Waals surface area contributed by atoms with Crippen LogP contribution >= 0.6 is 0 Å². The van der Waals surface area contributed by atoms with Crippen LogP contribution in [0.4, 0.5) is 9.59 Å². The second kappa shape index (κ2) is 9.38. The van der Waals surface area contributed by atoms with Crippen LogP contribution in [0.15, 0.2) is 12.3 Å². The van der Waals surface area contributed by atoms with E-state index in [0.717, 1.165) is 24.2 Å². The maximum atomic E-state index is 12.8. The van der Waals surface area contributed by atoms with Crippen molar-refractivity contribution in [2.24, 2.45) is 5.92 Å². The number of nitrogens with zero attached hydrogens (tertiary/aromatic N) is 3. The molecule has 4 rings (SSSR count). The van der Waals surface area contributed by atoms with Crippen LogP contribution in [0, 0.1) is 5.92 Å². The lowest BCUT2D eigenvalue weighted by Gasteiger charge is -2.38. The molecule has 7 heteroatoms. The van der Waals surface area contributed by atoms with Crippen molar-refractivity contribution in [3.8, 4) is 0 Å². The summed E-state index contributed by atoms with van der Waals surface area (Å²) in [7, 11) is 0. The van der Waals surface area contributed by atoms with Gasteiger partial charge in [0.15, 0.2) is 0 Å². The first-order chi connectivity index (χ1) is 15.9. The number of rotatable bonds is 5. The molecule has 7 nitrogen and oxygen atoms in total. The van der Waals surface area contributed by atoms with E-state index >= 15 is 0 Å². The van der Waals surface area contributed by atoms with Crippen molar-refractivity contribution in [2.45, 2.75) is 116 Å².